The number of benzene rings is 1. The quantitative estimate of drug-likeness (QED) is 0.737. The summed E-state index contributed by atoms with van der Waals surface area (Å²) in [5, 5.41) is 2.70. The summed E-state index contributed by atoms with van der Waals surface area (Å²) < 4.78 is 5.07. The lowest BCUT2D eigenvalue weighted by Gasteiger charge is -2.28. The molecule has 0 aliphatic carbocycles. The Morgan fingerprint density at radius 2 is 1.81 bits per heavy atom. The summed E-state index contributed by atoms with van der Waals surface area (Å²) in [6.45, 7) is 2.11. The van der Waals surface area contributed by atoms with Crippen molar-refractivity contribution >= 4 is 17.3 Å². The molecule has 1 aliphatic rings. The Morgan fingerprint density at radius 3 is 2.52 bits per heavy atom. The number of H-pyrrole nitrogens is 1. The van der Waals surface area contributed by atoms with Gasteiger partial charge in [-0.1, -0.05) is 0 Å². The zero-order chi connectivity index (χ0) is 18.6. The summed E-state index contributed by atoms with van der Waals surface area (Å²) >= 11 is 0. The SMILES string of the molecule is O=C(Nc1cc(-c2ccoc2)c[nH]c1=O)c1ccc(N2CCCCC2)cc1. The number of rotatable bonds is 4. The highest BCUT2D eigenvalue weighted by Gasteiger charge is 2.13. The molecule has 0 radical (unpaired) electrons. The minimum absolute atomic E-state index is 0.207. The molecule has 4 rings (SSSR count). The largest absolute Gasteiger partial charge is 0.472 e. The van der Waals surface area contributed by atoms with E-state index in [-0.39, 0.29) is 17.2 Å². The standard InChI is InChI=1S/C21H21N3O3/c25-20(15-4-6-18(7-5-15)24-9-2-1-3-10-24)23-19-12-17(13-22-21(19)26)16-8-11-27-14-16/h4-8,11-14H,1-3,9-10H2,(H,22,26)(H,23,25). The summed E-state index contributed by atoms with van der Waals surface area (Å²) in [6, 6.07) is 11.0. The molecule has 6 heteroatoms. The maximum Gasteiger partial charge on any atom is 0.271 e. The highest BCUT2D eigenvalue weighted by Crippen LogP contribution is 2.22. The zero-order valence-electron chi connectivity index (χ0n) is 14.9. The third-order valence-electron chi connectivity index (χ3n) is 4.86. The lowest BCUT2D eigenvalue weighted by Crippen LogP contribution is -2.29. The molecular formula is C21H21N3O3. The van der Waals surface area contributed by atoms with E-state index < -0.39 is 0 Å². The van der Waals surface area contributed by atoms with E-state index in [2.05, 4.69) is 15.2 Å². The second kappa shape index (κ2) is 7.53. The van der Waals surface area contributed by atoms with E-state index in [0.29, 0.717) is 5.56 Å². The monoisotopic (exact) mass is 363 g/mol. The highest BCUT2D eigenvalue weighted by atomic mass is 16.3. The second-order valence-electron chi connectivity index (χ2n) is 6.69. The summed E-state index contributed by atoms with van der Waals surface area (Å²) in [7, 11) is 0. The van der Waals surface area contributed by atoms with E-state index in [9.17, 15) is 9.59 Å². The Kier molecular flexibility index (Phi) is 4.78. The topological polar surface area (TPSA) is 78.3 Å². The Hall–Kier alpha value is -3.28. The van der Waals surface area contributed by atoms with Gasteiger partial charge in [-0.05, 0) is 55.7 Å². The first kappa shape index (κ1) is 17.1. The van der Waals surface area contributed by atoms with Crippen LogP contribution >= 0.6 is 0 Å². The number of amides is 1. The van der Waals surface area contributed by atoms with Gasteiger partial charge in [0.2, 0.25) is 0 Å². The fourth-order valence-electron chi connectivity index (χ4n) is 3.34. The van der Waals surface area contributed by atoms with Gasteiger partial charge >= 0.3 is 0 Å². The molecule has 1 aliphatic heterocycles. The first-order valence-electron chi connectivity index (χ1n) is 9.12. The molecule has 138 valence electrons. The molecule has 3 aromatic rings. The van der Waals surface area contributed by atoms with Crippen LogP contribution in [0.4, 0.5) is 11.4 Å². The number of pyridine rings is 1. The van der Waals surface area contributed by atoms with Gasteiger partial charge in [-0.15, -0.1) is 0 Å². The molecule has 0 unspecified atom stereocenters. The van der Waals surface area contributed by atoms with E-state index in [1.807, 2.05) is 12.1 Å². The molecular weight excluding hydrogens is 342 g/mol. The van der Waals surface area contributed by atoms with Gasteiger partial charge in [-0.25, -0.2) is 0 Å². The molecule has 2 aromatic heterocycles. The van der Waals surface area contributed by atoms with Gasteiger partial charge in [-0.2, -0.15) is 0 Å². The van der Waals surface area contributed by atoms with Crippen LogP contribution in [0.25, 0.3) is 11.1 Å². The third-order valence-corrected chi connectivity index (χ3v) is 4.86. The number of carbonyl (C=O) groups excluding carboxylic acids is 1. The van der Waals surface area contributed by atoms with E-state index in [0.717, 1.165) is 29.9 Å². The lowest BCUT2D eigenvalue weighted by atomic mass is 10.1. The number of hydrogen-bond donors (Lipinski definition) is 2. The van der Waals surface area contributed by atoms with Crippen LogP contribution in [0.5, 0.6) is 0 Å². The molecule has 1 saturated heterocycles. The van der Waals surface area contributed by atoms with Gasteiger partial charge in [0, 0.05) is 41.7 Å². The van der Waals surface area contributed by atoms with Crippen molar-refractivity contribution in [3.63, 3.8) is 0 Å². The highest BCUT2D eigenvalue weighted by molar-refractivity contribution is 6.04. The fourth-order valence-corrected chi connectivity index (χ4v) is 3.34. The van der Waals surface area contributed by atoms with Crippen LogP contribution in [0.2, 0.25) is 0 Å². The summed E-state index contributed by atoms with van der Waals surface area (Å²) in [6.07, 6.45) is 8.43. The maximum atomic E-state index is 12.6. The van der Waals surface area contributed by atoms with Crippen molar-refractivity contribution in [1.29, 1.82) is 0 Å². The summed E-state index contributed by atoms with van der Waals surface area (Å²) in [5.41, 5.74) is 3.10. The molecule has 1 amide bonds. The maximum absolute atomic E-state index is 12.6. The molecule has 0 spiro atoms. The van der Waals surface area contributed by atoms with Crippen LogP contribution < -0.4 is 15.8 Å². The molecule has 27 heavy (non-hydrogen) atoms. The average Bonchev–Trinajstić information content (AvgIpc) is 3.25. The van der Waals surface area contributed by atoms with Crippen molar-refractivity contribution in [2.75, 3.05) is 23.3 Å². The molecule has 0 bridgehead atoms. The minimum Gasteiger partial charge on any atom is -0.472 e. The molecule has 0 saturated carbocycles. The molecule has 1 aromatic carbocycles. The zero-order valence-corrected chi connectivity index (χ0v) is 14.9. The number of aromatic amines is 1. The van der Waals surface area contributed by atoms with E-state index in [1.54, 1.807) is 43.0 Å². The van der Waals surface area contributed by atoms with Gasteiger partial charge in [0.15, 0.2) is 0 Å². The van der Waals surface area contributed by atoms with Crippen molar-refractivity contribution in [3.8, 4) is 11.1 Å². The Bertz CT molecular complexity index is 969. The molecule has 0 atom stereocenters. The normalized spacial score (nSPS) is 14.1. The number of anilines is 2. The van der Waals surface area contributed by atoms with Gasteiger partial charge < -0.3 is 19.6 Å². The lowest BCUT2D eigenvalue weighted by molar-refractivity contribution is 0.102. The molecule has 2 N–H and O–H groups in total. The average molecular weight is 363 g/mol. The number of carbonyl (C=O) groups is 1. The van der Waals surface area contributed by atoms with Crippen LogP contribution in [-0.2, 0) is 0 Å². The predicted molar refractivity (Wildman–Crippen MR) is 105 cm³/mol. The van der Waals surface area contributed by atoms with Crippen molar-refractivity contribution in [2.45, 2.75) is 19.3 Å². The van der Waals surface area contributed by atoms with Gasteiger partial charge in [0.1, 0.15) is 5.69 Å². The van der Waals surface area contributed by atoms with E-state index in [1.165, 1.54) is 19.3 Å². The smallest absolute Gasteiger partial charge is 0.271 e. The van der Waals surface area contributed by atoms with Crippen molar-refractivity contribution < 1.29 is 9.21 Å². The Morgan fingerprint density at radius 1 is 1.04 bits per heavy atom. The summed E-state index contributed by atoms with van der Waals surface area (Å²) in [5.74, 6) is -0.310. The summed E-state index contributed by atoms with van der Waals surface area (Å²) in [4.78, 5) is 29.6. The molecule has 6 nitrogen and oxygen atoms in total. The van der Waals surface area contributed by atoms with Gasteiger partial charge in [0.05, 0.1) is 12.5 Å². The number of hydrogen-bond acceptors (Lipinski definition) is 4. The van der Waals surface area contributed by atoms with Gasteiger partial charge in [-0.3, -0.25) is 9.59 Å². The van der Waals surface area contributed by atoms with Crippen LogP contribution in [0, 0.1) is 0 Å². The number of piperidine rings is 1. The van der Waals surface area contributed by atoms with Crippen LogP contribution in [0.15, 0.2) is 64.3 Å². The molecule has 3 heterocycles. The van der Waals surface area contributed by atoms with Crippen molar-refractivity contribution in [2.24, 2.45) is 0 Å². The first-order valence-corrected chi connectivity index (χ1v) is 9.12. The number of furan rings is 1. The fraction of sp³-hybridized carbons (Fsp3) is 0.238. The van der Waals surface area contributed by atoms with Gasteiger partial charge in [0.25, 0.3) is 11.5 Å². The minimum atomic E-state index is -0.347. The van der Waals surface area contributed by atoms with Crippen molar-refractivity contribution in [1.82, 2.24) is 4.98 Å². The Balaban J connectivity index is 1.50. The molecule has 1 fully saturated rings. The predicted octanol–water partition coefficient (Wildman–Crippen LogP) is 3.88. The van der Waals surface area contributed by atoms with Crippen LogP contribution in [-0.4, -0.2) is 24.0 Å². The second-order valence-corrected chi connectivity index (χ2v) is 6.69. The van der Waals surface area contributed by atoms with Crippen LogP contribution in [0.3, 0.4) is 0 Å². The number of nitrogens with zero attached hydrogens (tertiary/aromatic N) is 1. The third kappa shape index (κ3) is 3.79. The van der Waals surface area contributed by atoms with Crippen LogP contribution in [0.1, 0.15) is 29.6 Å². The van der Waals surface area contributed by atoms with Crippen molar-refractivity contribution in [3.05, 3.63) is 71.0 Å². The number of aromatic nitrogens is 1. The first-order chi connectivity index (χ1) is 13.2. The Labute approximate surface area is 156 Å². The van der Waals surface area contributed by atoms with E-state index in [4.69, 9.17) is 4.42 Å². The number of nitrogens with one attached hydrogen (secondary N) is 2. The van der Waals surface area contributed by atoms with E-state index >= 15 is 0 Å².